The molecule has 0 fully saturated rings. The highest BCUT2D eigenvalue weighted by Crippen LogP contribution is 2.29. The fourth-order valence-electron chi connectivity index (χ4n) is 1.81. The monoisotopic (exact) mass is 443 g/mol. The topological polar surface area (TPSA) is 54.9 Å². The molecule has 0 saturated carbocycles. The molecule has 5 nitrogen and oxygen atoms in total. The highest BCUT2D eigenvalue weighted by atomic mass is 127. The van der Waals surface area contributed by atoms with Gasteiger partial charge in [0.1, 0.15) is 0 Å². The number of hydrogen-bond acceptors (Lipinski definition) is 3. The fourth-order valence-corrected chi connectivity index (χ4v) is 1.81. The highest BCUT2D eigenvalue weighted by molar-refractivity contribution is 14.0. The van der Waals surface area contributed by atoms with Crippen LogP contribution < -0.4 is 20.1 Å². The lowest BCUT2D eigenvalue weighted by atomic mass is 10.2. The van der Waals surface area contributed by atoms with Gasteiger partial charge in [-0.2, -0.15) is 8.78 Å². The number of unbranched alkanes of at least 4 members (excludes halogenated alkanes) is 1. The Morgan fingerprint density at radius 1 is 1.26 bits per heavy atom. The minimum atomic E-state index is -2.89. The van der Waals surface area contributed by atoms with E-state index in [-0.39, 0.29) is 35.5 Å². The molecule has 0 aliphatic heterocycles. The van der Waals surface area contributed by atoms with Gasteiger partial charge in [-0.25, -0.2) is 0 Å². The van der Waals surface area contributed by atoms with Crippen molar-refractivity contribution in [2.75, 3.05) is 20.7 Å². The molecule has 1 aromatic carbocycles. The van der Waals surface area contributed by atoms with Crippen molar-refractivity contribution in [3.8, 4) is 11.5 Å². The van der Waals surface area contributed by atoms with Gasteiger partial charge >= 0.3 is 6.61 Å². The molecule has 0 heterocycles. The minimum absolute atomic E-state index is 0. The lowest BCUT2D eigenvalue weighted by molar-refractivity contribution is -0.0512. The van der Waals surface area contributed by atoms with Gasteiger partial charge in [0.25, 0.3) is 0 Å². The van der Waals surface area contributed by atoms with Crippen molar-refractivity contribution in [1.82, 2.24) is 10.6 Å². The summed E-state index contributed by atoms with van der Waals surface area (Å²) in [6.45, 7) is 0.494. The third kappa shape index (κ3) is 8.19. The van der Waals surface area contributed by atoms with E-state index in [9.17, 15) is 8.78 Å². The number of guanidine groups is 1. The summed E-state index contributed by atoms with van der Waals surface area (Å²) in [4.78, 5) is 4.10. The van der Waals surface area contributed by atoms with Crippen LogP contribution in [0.15, 0.2) is 23.2 Å². The van der Waals surface area contributed by atoms with Crippen LogP contribution in [-0.4, -0.2) is 33.3 Å². The molecule has 0 aliphatic rings. The van der Waals surface area contributed by atoms with Crippen LogP contribution >= 0.6 is 24.0 Å². The van der Waals surface area contributed by atoms with Gasteiger partial charge in [0.05, 0.1) is 7.11 Å². The molecule has 0 saturated heterocycles. The molecular weight excluding hydrogens is 419 g/mol. The standard InChI is InChI=1S/C15H23F2N3O2.HI/c1-4-5-8-19-15(18-2)20-10-11-6-7-12(21-3)13(9-11)22-14(16)17;/h6-7,9,14H,4-5,8,10H2,1-3H3,(H2,18,19,20);1H. The molecule has 0 radical (unpaired) electrons. The number of nitrogens with one attached hydrogen (secondary N) is 2. The number of rotatable bonds is 8. The van der Waals surface area contributed by atoms with E-state index in [0.717, 1.165) is 24.9 Å². The van der Waals surface area contributed by atoms with E-state index in [1.165, 1.54) is 13.2 Å². The molecule has 132 valence electrons. The van der Waals surface area contributed by atoms with Crippen LogP contribution in [0.3, 0.4) is 0 Å². The van der Waals surface area contributed by atoms with Crippen LogP contribution in [0.2, 0.25) is 0 Å². The van der Waals surface area contributed by atoms with Crippen molar-refractivity contribution in [2.45, 2.75) is 32.9 Å². The van der Waals surface area contributed by atoms with E-state index >= 15 is 0 Å². The zero-order chi connectivity index (χ0) is 16.4. The summed E-state index contributed by atoms with van der Waals surface area (Å²) < 4.78 is 34.2. The lowest BCUT2D eigenvalue weighted by Crippen LogP contribution is -2.37. The summed E-state index contributed by atoms with van der Waals surface area (Å²) >= 11 is 0. The first-order valence-corrected chi connectivity index (χ1v) is 7.17. The van der Waals surface area contributed by atoms with Gasteiger partial charge in [-0.05, 0) is 24.1 Å². The highest BCUT2D eigenvalue weighted by Gasteiger charge is 2.11. The van der Waals surface area contributed by atoms with E-state index in [1.54, 1.807) is 19.2 Å². The molecule has 0 spiro atoms. The SMILES string of the molecule is CCCCNC(=NC)NCc1ccc(OC)c(OC(F)F)c1.I. The van der Waals surface area contributed by atoms with Gasteiger partial charge in [-0.1, -0.05) is 19.4 Å². The van der Waals surface area contributed by atoms with E-state index < -0.39 is 6.61 Å². The number of halogens is 3. The maximum absolute atomic E-state index is 12.4. The smallest absolute Gasteiger partial charge is 0.387 e. The summed E-state index contributed by atoms with van der Waals surface area (Å²) in [5.74, 6) is 0.959. The number of hydrogen-bond donors (Lipinski definition) is 2. The van der Waals surface area contributed by atoms with Gasteiger partial charge < -0.3 is 20.1 Å². The Morgan fingerprint density at radius 2 is 2.00 bits per heavy atom. The summed E-state index contributed by atoms with van der Waals surface area (Å²) in [7, 11) is 3.09. The predicted octanol–water partition coefficient (Wildman–Crippen LogP) is 3.38. The zero-order valence-electron chi connectivity index (χ0n) is 13.6. The number of alkyl halides is 2. The Hall–Kier alpha value is -1.32. The van der Waals surface area contributed by atoms with E-state index in [2.05, 4.69) is 27.3 Å². The van der Waals surface area contributed by atoms with Gasteiger partial charge in [0.15, 0.2) is 17.5 Å². The van der Waals surface area contributed by atoms with Crippen LogP contribution in [0.1, 0.15) is 25.3 Å². The van der Waals surface area contributed by atoms with Crippen molar-refractivity contribution in [3.05, 3.63) is 23.8 Å². The predicted molar refractivity (Wildman–Crippen MR) is 98.2 cm³/mol. The second kappa shape index (κ2) is 12.1. The summed E-state index contributed by atoms with van der Waals surface area (Å²) in [6.07, 6.45) is 2.15. The van der Waals surface area contributed by atoms with Gasteiger partial charge in [0.2, 0.25) is 0 Å². The van der Waals surface area contributed by atoms with Gasteiger partial charge in [-0.15, -0.1) is 24.0 Å². The minimum Gasteiger partial charge on any atom is -0.493 e. The van der Waals surface area contributed by atoms with E-state index in [1.807, 2.05) is 0 Å². The second-order valence-electron chi connectivity index (χ2n) is 4.57. The number of benzene rings is 1. The Morgan fingerprint density at radius 3 is 2.57 bits per heavy atom. The van der Waals surface area contributed by atoms with Gasteiger partial charge in [-0.3, -0.25) is 4.99 Å². The van der Waals surface area contributed by atoms with E-state index in [0.29, 0.717) is 12.5 Å². The van der Waals surface area contributed by atoms with Crippen LogP contribution in [0.25, 0.3) is 0 Å². The van der Waals surface area contributed by atoms with E-state index in [4.69, 9.17) is 4.74 Å². The van der Waals surface area contributed by atoms with Crippen molar-refractivity contribution in [2.24, 2.45) is 4.99 Å². The largest absolute Gasteiger partial charge is 0.493 e. The summed E-state index contributed by atoms with van der Waals surface area (Å²) in [5.41, 5.74) is 0.787. The Bertz CT molecular complexity index is 488. The average molecular weight is 443 g/mol. The first kappa shape index (κ1) is 21.7. The van der Waals surface area contributed by atoms with Crippen molar-refractivity contribution in [3.63, 3.8) is 0 Å². The van der Waals surface area contributed by atoms with Crippen LogP contribution in [-0.2, 0) is 6.54 Å². The first-order chi connectivity index (χ1) is 10.6. The molecule has 0 atom stereocenters. The lowest BCUT2D eigenvalue weighted by Gasteiger charge is -2.14. The van der Waals surface area contributed by atoms with Crippen LogP contribution in [0.4, 0.5) is 8.78 Å². The van der Waals surface area contributed by atoms with Crippen molar-refractivity contribution >= 4 is 29.9 Å². The molecule has 23 heavy (non-hydrogen) atoms. The number of nitrogens with zero attached hydrogens (tertiary/aromatic N) is 1. The molecule has 0 aliphatic carbocycles. The molecule has 1 rings (SSSR count). The third-order valence-electron chi connectivity index (χ3n) is 2.95. The maximum Gasteiger partial charge on any atom is 0.387 e. The number of aliphatic imine (C=N–C) groups is 1. The molecule has 1 aromatic rings. The summed E-state index contributed by atoms with van der Waals surface area (Å²) in [6, 6.07) is 4.91. The molecule has 0 amide bonds. The number of methoxy groups -OCH3 is 1. The second-order valence-corrected chi connectivity index (χ2v) is 4.57. The molecule has 0 bridgehead atoms. The molecular formula is C15H24F2IN3O2. The maximum atomic E-state index is 12.4. The molecule has 0 unspecified atom stereocenters. The Kier molecular flexibility index (Phi) is 11.4. The molecule has 2 N–H and O–H groups in total. The van der Waals surface area contributed by atoms with Gasteiger partial charge in [0, 0.05) is 20.1 Å². The van der Waals surface area contributed by atoms with Crippen molar-refractivity contribution in [1.29, 1.82) is 0 Å². The van der Waals surface area contributed by atoms with Crippen LogP contribution in [0, 0.1) is 0 Å². The average Bonchev–Trinajstić information content (AvgIpc) is 2.50. The molecule has 0 aromatic heterocycles. The zero-order valence-corrected chi connectivity index (χ0v) is 15.9. The van der Waals surface area contributed by atoms with Crippen LogP contribution in [0.5, 0.6) is 11.5 Å². The Labute approximate surface area is 152 Å². The molecule has 8 heteroatoms. The van der Waals surface area contributed by atoms with Crippen molar-refractivity contribution < 1.29 is 18.3 Å². The third-order valence-corrected chi connectivity index (χ3v) is 2.95. The normalized spacial score (nSPS) is 11.0. The fraction of sp³-hybridized carbons (Fsp3) is 0.533. The summed E-state index contributed by atoms with van der Waals surface area (Å²) in [5, 5.41) is 6.29. The first-order valence-electron chi connectivity index (χ1n) is 7.17. The Balaban J connectivity index is 0.00000484. The number of ether oxygens (including phenoxy) is 2. The quantitative estimate of drug-likeness (QED) is 0.280.